The van der Waals surface area contributed by atoms with Gasteiger partial charge in [0.15, 0.2) is 0 Å². The fourth-order valence-corrected chi connectivity index (χ4v) is 1.96. The van der Waals surface area contributed by atoms with E-state index in [1.54, 1.807) is 13.2 Å². The Morgan fingerprint density at radius 3 is 2.95 bits per heavy atom. The zero-order valence-electron chi connectivity index (χ0n) is 10.6. The zero-order valence-corrected chi connectivity index (χ0v) is 12.2. The molecule has 0 aliphatic heterocycles. The molecule has 2 rings (SSSR count). The average molecular weight is 335 g/mol. The Hall–Kier alpha value is -2.28. The number of benzene rings is 1. The van der Waals surface area contributed by atoms with E-state index in [-0.39, 0.29) is 5.69 Å². The van der Waals surface area contributed by atoms with Crippen molar-refractivity contribution in [2.24, 2.45) is 5.10 Å². The van der Waals surface area contributed by atoms with Crippen molar-refractivity contribution >= 4 is 28.1 Å². The van der Waals surface area contributed by atoms with E-state index >= 15 is 0 Å². The third kappa shape index (κ3) is 3.61. The molecule has 6 nitrogen and oxygen atoms in total. The first kappa shape index (κ1) is 14.1. The van der Waals surface area contributed by atoms with Gasteiger partial charge in [-0.25, -0.2) is 10.4 Å². The highest BCUT2D eigenvalue weighted by Gasteiger charge is 2.04. The van der Waals surface area contributed by atoms with Crippen LogP contribution in [0.5, 0.6) is 5.75 Å². The lowest BCUT2D eigenvalue weighted by atomic mass is 10.2. The summed E-state index contributed by atoms with van der Waals surface area (Å²) in [6, 6.07) is 5.45. The minimum absolute atomic E-state index is 0.209. The Kier molecular flexibility index (Phi) is 4.78. The van der Waals surface area contributed by atoms with Gasteiger partial charge in [-0.05, 0) is 39.7 Å². The third-order valence-corrected chi connectivity index (χ3v) is 2.97. The van der Waals surface area contributed by atoms with Crippen LogP contribution < -0.4 is 10.2 Å². The molecule has 7 heteroatoms. The fourth-order valence-electron chi connectivity index (χ4n) is 1.40. The molecule has 0 atom stereocenters. The van der Waals surface area contributed by atoms with Gasteiger partial charge in [-0.3, -0.25) is 9.78 Å². The standard InChI is InChI=1S/C13H11BrN4O2/c1-20-12-3-2-9(6-10(12)14)7-17-18-13(19)11-8-15-4-5-16-11/h2-8H,1H3,(H,18,19)/b17-7+. The van der Waals surface area contributed by atoms with Crippen LogP contribution in [0, 0.1) is 0 Å². The minimum Gasteiger partial charge on any atom is -0.496 e. The highest BCUT2D eigenvalue weighted by atomic mass is 79.9. The van der Waals surface area contributed by atoms with Gasteiger partial charge < -0.3 is 4.74 Å². The van der Waals surface area contributed by atoms with Crippen molar-refractivity contribution in [3.63, 3.8) is 0 Å². The Bertz CT molecular complexity index is 632. The van der Waals surface area contributed by atoms with Gasteiger partial charge in [0.25, 0.3) is 5.91 Å². The monoisotopic (exact) mass is 334 g/mol. The maximum atomic E-state index is 11.6. The maximum absolute atomic E-state index is 11.6. The molecule has 2 aromatic rings. The summed E-state index contributed by atoms with van der Waals surface area (Å²) < 4.78 is 5.93. The molecule has 0 radical (unpaired) electrons. The molecule has 1 amide bonds. The number of amides is 1. The molecule has 0 aliphatic carbocycles. The number of ether oxygens (including phenoxy) is 1. The van der Waals surface area contributed by atoms with E-state index in [1.165, 1.54) is 24.8 Å². The van der Waals surface area contributed by atoms with E-state index in [4.69, 9.17) is 4.74 Å². The molecule has 0 aliphatic rings. The number of halogens is 1. The molecule has 1 heterocycles. The van der Waals surface area contributed by atoms with Crippen molar-refractivity contribution in [1.82, 2.24) is 15.4 Å². The number of hydrogen-bond acceptors (Lipinski definition) is 5. The third-order valence-electron chi connectivity index (χ3n) is 2.35. The first-order chi connectivity index (χ1) is 9.70. The first-order valence-electron chi connectivity index (χ1n) is 5.63. The number of nitrogens with zero attached hydrogens (tertiary/aromatic N) is 3. The van der Waals surface area contributed by atoms with Gasteiger partial charge in [-0.1, -0.05) is 0 Å². The lowest BCUT2D eigenvalue weighted by molar-refractivity contribution is 0.0949. The van der Waals surface area contributed by atoms with Crippen LogP contribution in [0.3, 0.4) is 0 Å². The van der Waals surface area contributed by atoms with E-state index in [9.17, 15) is 4.79 Å². The first-order valence-corrected chi connectivity index (χ1v) is 6.43. The number of methoxy groups -OCH3 is 1. The van der Waals surface area contributed by atoms with E-state index in [0.717, 1.165) is 15.8 Å². The van der Waals surface area contributed by atoms with E-state index in [2.05, 4.69) is 36.4 Å². The summed E-state index contributed by atoms with van der Waals surface area (Å²) in [5.74, 6) is 0.313. The molecule has 102 valence electrons. The van der Waals surface area contributed by atoms with Crippen LogP contribution in [0.15, 0.2) is 46.4 Å². The second-order valence-corrected chi connectivity index (χ2v) is 4.54. The molecule has 0 fully saturated rings. The van der Waals surface area contributed by atoms with Crippen molar-refractivity contribution in [3.8, 4) is 5.75 Å². The number of rotatable bonds is 4. The van der Waals surface area contributed by atoms with Gasteiger partial charge in [0.2, 0.25) is 0 Å². The number of nitrogens with one attached hydrogen (secondary N) is 1. The highest BCUT2D eigenvalue weighted by Crippen LogP contribution is 2.24. The van der Waals surface area contributed by atoms with Crippen LogP contribution >= 0.6 is 15.9 Å². The number of carbonyl (C=O) groups is 1. The molecular weight excluding hydrogens is 324 g/mol. The molecule has 1 aromatic carbocycles. The van der Waals surface area contributed by atoms with Gasteiger partial charge >= 0.3 is 0 Å². The quantitative estimate of drug-likeness (QED) is 0.685. The molecule has 0 saturated heterocycles. The second kappa shape index (κ2) is 6.76. The van der Waals surface area contributed by atoms with Crippen LogP contribution in [-0.4, -0.2) is 29.2 Å². The smallest absolute Gasteiger partial charge is 0.291 e. The van der Waals surface area contributed by atoms with Crippen LogP contribution in [0.2, 0.25) is 0 Å². The van der Waals surface area contributed by atoms with Gasteiger partial charge in [0, 0.05) is 12.4 Å². The molecule has 1 N–H and O–H groups in total. The largest absolute Gasteiger partial charge is 0.496 e. The number of carbonyl (C=O) groups excluding carboxylic acids is 1. The number of hydrazone groups is 1. The fraction of sp³-hybridized carbons (Fsp3) is 0.0769. The maximum Gasteiger partial charge on any atom is 0.291 e. The summed E-state index contributed by atoms with van der Waals surface area (Å²) in [5.41, 5.74) is 3.40. The van der Waals surface area contributed by atoms with Crippen molar-refractivity contribution in [2.75, 3.05) is 7.11 Å². The van der Waals surface area contributed by atoms with Gasteiger partial charge in [0.1, 0.15) is 11.4 Å². The van der Waals surface area contributed by atoms with E-state index < -0.39 is 5.91 Å². The van der Waals surface area contributed by atoms with Crippen LogP contribution in [0.25, 0.3) is 0 Å². The van der Waals surface area contributed by atoms with Crippen molar-refractivity contribution in [1.29, 1.82) is 0 Å². The Labute approximate surface area is 124 Å². The molecule has 1 aromatic heterocycles. The summed E-state index contributed by atoms with van der Waals surface area (Å²) in [4.78, 5) is 19.3. The minimum atomic E-state index is -0.415. The Morgan fingerprint density at radius 2 is 2.30 bits per heavy atom. The SMILES string of the molecule is COc1ccc(/C=N/NC(=O)c2cnccn2)cc1Br. The summed E-state index contributed by atoms with van der Waals surface area (Å²) in [5, 5.41) is 3.86. The average Bonchev–Trinajstić information content (AvgIpc) is 2.48. The molecule has 0 unspecified atom stereocenters. The van der Waals surface area contributed by atoms with Gasteiger partial charge in [0.05, 0.1) is 24.0 Å². The summed E-state index contributed by atoms with van der Waals surface area (Å²) in [6.07, 6.45) is 5.83. The molecular formula is C13H11BrN4O2. The van der Waals surface area contributed by atoms with Crippen LogP contribution in [-0.2, 0) is 0 Å². The predicted molar refractivity (Wildman–Crippen MR) is 77.8 cm³/mol. The van der Waals surface area contributed by atoms with E-state index in [0.29, 0.717) is 0 Å². The summed E-state index contributed by atoms with van der Waals surface area (Å²) in [7, 11) is 1.59. The lowest BCUT2D eigenvalue weighted by Gasteiger charge is -2.03. The van der Waals surface area contributed by atoms with Crippen molar-refractivity contribution in [2.45, 2.75) is 0 Å². The molecule has 0 saturated carbocycles. The highest BCUT2D eigenvalue weighted by molar-refractivity contribution is 9.10. The topological polar surface area (TPSA) is 76.5 Å². The molecule has 0 spiro atoms. The van der Waals surface area contributed by atoms with Crippen LogP contribution in [0.4, 0.5) is 0 Å². The number of aromatic nitrogens is 2. The van der Waals surface area contributed by atoms with Gasteiger partial charge in [-0.2, -0.15) is 5.10 Å². The zero-order chi connectivity index (χ0) is 14.4. The van der Waals surface area contributed by atoms with Crippen molar-refractivity contribution in [3.05, 3.63) is 52.5 Å². The molecule has 0 bridgehead atoms. The predicted octanol–water partition coefficient (Wildman–Crippen LogP) is 2.01. The Balaban J connectivity index is 2.00. The van der Waals surface area contributed by atoms with E-state index in [1.807, 2.05) is 12.1 Å². The lowest BCUT2D eigenvalue weighted by Crippen LogP contribution is -2.19. The van der Waals surface area contributed by atoms with Crippen molar-refractivity contribution < 1.29 is 9.53 Å². The Morgan fingerprint density at radius 1 is 1.45 bits per heavy atom. The summed E-state index contributed by atoms with van der Waals surface area (Å²) >= 11 is 3.37. The van der Waals surface area contributed by atoms with Crippen LogP contribution in [0.1, 0.15) is 16.1 Å². The molecule has 20 heavy (non-hydrogen) atoms. The summed E-state index contributed by atoms with van der Waals surface area (Å²) in [6.45, 7) is 0. The number of hydrogen-bond donors (Lipinski definition) is 1. The van der Waals surface area contributed by atoms with Gasteiger partial charge in [-0.15, -0.1) is 0 Å². The second-order valence-electron chi connectivity index (χ2n) is 3.68. The normalized spacial score (nSPS) is 10.5.